The predicted molar refractivity (Wildman–Crippen MR) is 107 cm³/mol. The van der Waals surface area contributed by atoms with E-state index in [-0.39, 0.29) is 11.9 Å². The minimum absolute atomic E-state index is 0.0525. The van der Waals surface area contributed by atoms with Gasteiger partial charge >= 0.3 is 0 Å². The Morgan fingerprint density at radius 1 is 1.14 bits per heavy atom. The van der Waals surface area contributed by atoms with Crippen LogP contribution in [0.2, 0.25) is 0 Å². The monoisotopic (exact) mass is 390 g/mol. The maximum absolute atomic E-state index is 12.9. The molecular weight excluding hydrogens is 368 g/mol. The summed E-state index contributed by atoms with van der Waals surface area (Å²) in [6.07, 6.45) is 4.97. The Morgan fingerprint density at radius 2 is 1.93 bits per heavy atom. The van der Waals surface area contributed by atoms with E-state index in [1.165, 1.54) is 0 Å². The molecular formula is C22H22N4O3. The van der Waals surface area contributed by atoms with Crippen LogP contribution in [-0.2, 0) is 0 Å². The molecule has 4 rings (SSSR count). The van der Waals surface area contributed by atoms with Gasteiger partial charge < -0.3 is 14.4 Å². The summed E-state index contributed by atoms with van der Waals surface area (Å²) in [4.78, 5) is 28.0. The maximum Gasteiger partial charge on any atom is 0.256 e. The largest absolute Gasteiger partial charge is 0.497 e. The van der Waals surface area contributed by atoms with Gasteiger partial charge in [0.2, 0.25) is 5.88 Å². The Hall–Kier alpha value is -3.48. The number of rotatable bonds is 5. The van der Waals surface area contributed by atoms with Crippen molar-refractivity contribution in [2.75, 3.05) is 13.7 Å². The fraction of sp³-hybridized carbons (Fsp3) is 0.273. The van der Waals surface area contributed by atoms with Gasteiger partial charge in [-0.15, -0.1) is 0 Å². The van der Waals surface area contributed by atoms with Gasteiger partial charge in [0.25, 0.3) is 5.91 Å². The molecule has 0 saturated carbocycles. The highest BCUT2D eigenvalue weighted by Crippen LogP contribution is 2.33. The molecule has 7 nitrogen and oxygen atoms in total. The molecule has 3 heterocycles. The van der Waals surface area contributed by atoms with Gasteiger partial charge in [0.1, 0.15) is 11.5 Å². The number of hydrogen-bond donors (Lipinski definition) is 0. The van der Waals surface area contributed by atoms with E-state index in [0.717, 1.165) is 24.3 Å². The Bertz CT molecular complexity index is 993. The molecule has 3 aromatic rings. The minimum Gasteiger partial charge on any atom is -0.497 e. The Kier molecular flexibility index (Phi) is 5.37. The number of aryl methyl sites for hydroxylation is 1. The first-order valence-electron chi connectivity index (χ1n) is 9.52. The smallest absolute Gasteiger partial charge is 0.256 e. The molecule has 7 heteroatoms. The second-order valence-electron chi connectivity index (χ2n) is 6.88. The van der Waals surface area contributed by atoms with Crippen LogP contribution in [0.1, 0.15) is 40.8 Å². The van der Waals surface area contributed by atoms with Crippen molar-refractivity contribution < 1.29 is 14.3 Å². The minimum atomic E-state index is -0.180. The van der Waals surface area contributed by atoms with Gasteiger partial charge in [-0.2, -0.15) is 4.98 Å². The van der Waals surface area contributed by atoms with Crippen molar-refractivity contribution in [2.45, 2.75) is 25.8 Å². The van der Waals surface area contributed by atoms with Gasteiger partial charge in [-0.1, -0.05) is 0 Å². The molecule has 0 aliphatic carbocycles. The van der Waals surface area contributed by atoms with Gasteiger partial charge in [-0.3, -0.25) is 9.78 Å². The van der Waals surface area contributed by atoms with E-state index in [0.29, 0.717) is 29.6 Å². The first-order valence-corrected chi connectivity index (χ1v) is 9.52. The number of ether oxygens (including phenoxy) is 2. The Morgan fingerprint density at radius 3 is 2.66 bits per heavy atom. The second kappa shape index (κ2) is 8.26. The van der Waals surface area contributed by atoms with E-state index in [1.807, 2.05) is 36.1 Å². The molecule has 148 valence electrons. The van der Waals surface area contributed by atoms with Crippen LogP contribution in [0.15, 0.2) is 54.9 Å². The molecule has 29 heavy (non-hydrogen) atoms. The number of aromatic nitrogens is 3. The van der Waals surface area contributed by atoms with E-state index >= 15 is 0 Å². The molecule has 1 aliphatic heterocycles. The average Bonchev–Trinajstić information content (AvgIpc) is 3.24. The SMILES string of the molecule is COc1ccc(Oc2cc(C)nc(C3CCCN3C(=O)c3cccnc3)n2)cc1. The van der Waals surface area contributed by atoms with Crippen LogP contribution in [-0.4, -0.2) is 39.4 Å². The second-order valence-corrected chi connectivity index (χ2v) is 6.88. The third-order valence-electron chi connectivity index (χ3n) is 4.85. The summed E-state index contributed by atoms with van der Waals surface area (Å²) < 4.78 is 11.1. The number of methoxy groups -OCH3 is 1. The Labute approximate surface area is 169 Å². The zero-order valence-electron chi connectivity index (χ0n) is 16.4. The number of hydrogen-bond acceptors (Lipinski definition) is 6. The maximum atomic E-state index is 12.9. The summed E-state index contributed by atoms with van der Waals surface area (Å²) in [7, 11) is 1.62. The summed E-state index contributed by atoms with van der Waals surface area (Å²) in [5.41, 5.74) is 1.36. The average molecular weight is 390 g/mol. The van der Waals surface area contributed by atoms with E-state index in [4.69, 9.17) is 9.47 Å². The molecule has 1 unspecified atom stereocenters. The van der Waals surface area contributed by atoms with Crippen LogP contribution in [0.5, 0.6) is 17.4 Å². The first-order chi connectivity index (χ1) is 14.1. The highest BCUT2D eigenvalue weighted by Gasteiger charge is 2.33. The molecule has 1 fully saturated rings. The van der Waals surface area contributed by atoms with Gasteiger partial charge in [0, 0.05) is 30.7 Å². The Balaban J connectivity index is 1.58. The fourth-order valence-electron chi connectivity index (χ4n) is 3.46. The molecule has 1 atom stereocenters. The summed E-state index contributed by atoms with van der Waals surface area (Å²) in [5, 5.41) is 0. The van der Waals surface area contributed by atoms with Crippen LogP contribution in [0.3, 0.4) is 0 Å². The van der Waals surface area contributed by atoms with Gasteiger partial charge in [-0.25, -0.2) is 4.98 Å². The van der Waals surface area contributed by atoms with E-state index in [1.54, 1.807) is 37.7 Å². The molecule has 1 amide bonds. The van der Waals surface area contributed by atoms with Crippen molar-refractivity contribution in [2.24, 2.45) is 0 Å². The fourth-order valence-corrected chi connectivity index (χ4v) is 3.46. The molecule has 1 saturated heterocycles. The highest BCUT2D eigenvalue weighted by atomic mass is 16.5. The molecule has 1 aliphatic rings. The lowest BCUT2D eigenvalue weighted by atomic mass is 10.1. The molecule has 0 spiro atoms. The van der Waals surface area contributed by atoms with E-state index in [9.17, 15) is 4.79 Å². The summed E-state index contributed by atoms with van der Waals surface area (Å²) in [6.45, 7) is 2.57. The number of likely N-dealkylation sites (tertiary alicyclic amines) is 1. The standard InChI is InChI=1S/C22H22N4O3/c1-15-13-20(29-18-9-7-17(28-2)8-10-18)25-21(24-15)19-6-4-12-26(19)22(27)16-5-3-11-23-14-16/h3,5,7-11,13-14,19H,4,6,12H2,1-2H3. The number of amides is 1. The number of nitrogens with zero attached hydrogens (tertiary/aromatic N) is 4. The quantitative estimate of drug-likeness (QED) is 0.656. The van der Waals surface area contributed by atoms with Gasteiger partial charge in [-0.05, 0) is 56.2 Å². The number of carbonyl (C=O) groups is 1. The van der Waals surface area contributed by atoms with E-state index in [2.05, 4.69) is 15.0 Å². The van der Waals surface area contributed by atoms with Crippen LogP contribution < -0.4 is 9.47 Å². The van der Waals surface area contributed by atoms with Crippen molar-refractivity contribution in [3.63, 3.8) is 0 Å². The van der Waals surface area contributed by atoms with Crippen LogP contribution >= 0.6 is 0 Å². The molecule has 2 aromatic heterocycles. The number of carbonyl (C=O) groups excluding carboxylic acids is 1. The first kappa shape index (κ1) is 18.9. The topological polar surface area (TPSA) is 77.4 Å². The number of pyridine rings is 1. The molecule has 0 radical (unpaired) electrons. The summed E-state index contributed by atoms with van der Waals surface area (Å²) >= 11 is 0. The lowest BCUT2D eigenvalue weighted by Crippen LogP contribution is -2.31. The van der Waals surface area contributed by atoms with Gasteiger partial charge in [0.15, 0.2) is 5.82 Å². The highest BCUT2D eigenvalue weighted by molar-refractivity contribution is 5.94. The van der Waals surface area contributed by atoms with Gasteiger partial charge in [0.05, 0.1) is 18.7 Å². The van der Waals surface area contributed by atoms with Crippen molar-refractivity contribution in [1.29, 1.82) is 0 Å². The zero-order chi connectivity index (χ0) is 20.2. The van der Waals surface area contributed by atoms with Crippen molar-refractivity contribution in [3.8, 4) is 17.4 Å². The normalized spacial score (nSPS) is 15.9. The van der Waals surface area contributed by atoms with Crippen LogP contribution in [0.4, 0.5) is 0 Å². The predicted octanol–water partition coefficient (Wildman–Crippen LogP) is 3.96. The zero-order valence-corrected chi connectivity index (χ0v) is 16.4. The van der Waals surface area contributed by atoms with Crippen molar-refractivity contribution in [3.05, 3.63) is 71.9 Å². The molecule has 1 aromatic carbocycles. The summed E-state index contributed by atoms with van der Waals surface area (Å²) in [5.74, 6) is 2.42. The van der Waals surface area contributed by atoms with E-state index < -0.39 is 0 Å². The lowest BCUT2D eigenvalue weighted by molar-refractivity contribution is 0.0728. The molecule has 0 bridgehead atoms. The number of benzene rings is 1. The molecule has 0 N–H and O–H groups in total. The van der Waals surface area contributed by atoms with Crippen molar-refractivity contribution in [1.82, 2.24) is 19.9 Å². The third kappa shape index (κ3) is 4.18. The van der Waals surface area contributed by atoms with Crippen LogP contribution in [0.25, 0.3) is 0 Å². The third-order valence-corrected chi connectivity index (χ3v) is 4.85. The van der Waals surface area contributed by atoms with Crippen LogP contribution in [0, 0.1) is 6.92 Å². The van der Waals surface area contributed by atoms with Crippen molar-refractivity contribution >= 4 is 5.91 Å². The summed E-state index contributed by atoms with van der Waals surface area (Å²) in [6, 6.07) is 12.5. The lowest BCUT2D eigenvalue weighted by Gasteiger charge is -2.24.